The lowest BCUT2D eigenvalue weighted by molar-refractivity contribution is 0.238. The maximum atomic E-state index is 5.70. The molecule has 1 aromatic rings. The molecule has 1 N–H and O–H groups in total. The van der Waals surface area contributed by atoms with Gasteiger partial charge in [-0.25, -0.2) is 0 Å². The molecule has 1 fully saturated rings. The molecule has 1 aliphatic carbocycles. The van der Waals surface area contributed by atoms with Crippen molar-refractivity contribution in [2.24, 2.45) is 5.92 Å². The highest BCUT2D eigenvalue weighted by molar-refractivity contribution is 5.37. The summed E-state index contributed by atoms with van der Waals surface area (Å²) in [6.07, 6.45) is 5.16. The first-order chi connectivity index (χ1) is 8.38. The van der Waals surface area contributed by atoms with Crippen molar-refractivity contribution in [2.45, 2.75) is 44.7 Å². The van der Waals surface area contributed by atoms with Gasteiger partial charge in [0.05, 0.1) is 6.61 Å². The molecule has 2 atom stereocenters. The van der Waals surface area contributed by atoms with Gasteiger partial charge >= 0.3 is 0 Å². The molecule has 2 unspecified atom stereocenters. The molecule has 2 aliphatic rings. The van der Waals surface area contributed by atoms with Crippen LogP contribution >= 0.6 is 0 Å². The molecule has 2 heteroatoms. The first kappa shape index (κ1) is 11.1. The highest BCUT2D eigenvalue weighted by Crippen LogP contribution is 2.37. The smallest absolute Gasteiger partial charge is 0.124 e. The van der Waals surface area contributed by atoms with E-state index in [4.69, 9.17) is 4.74 Å². The Morgan fingerprint density at radius 2 is 2.12 bits per heavy atom. The van der Waals surface area contributed by atoms with E-state index in [1.165, 1.54) is 24.8 Å². The van der Waals surface area contributed by atoms with Crippen LogP contribution in [0.2, 0.25) is 0 Å². The molecule has 92 valence electrons. The Hall–Kier alpha value is -1.02. The van der Waals surface area contributed by atoms with E-state index in [0.29, 0.717) is 12.1 Å². The van der Waals surface area contributed by atoms with Crippen LogP contribution in [0, 0.1) is 5.92 Å². The Labute approximate surface area is 103 Å². The van der Waals surface area contributed by atoms with Crippen molar-refractivity contribution >= 4 is 0 Å². The quantitative estimate of drug-likeness (QED) is 0.858. The molecular formula is C15H21NO. The van der Waals surface area contributed by atoms with Gasteiger partial charge in [0.15, 0.2) is 0 Å². The summed E-state index contributed by atoms with van der Waals surface area (Å²) in [6.45, 7) is 3.14. The number of hydrogen-bond donors (Lipinski definition) is 1. The average molecular weight is 231 g/mol. The second-order valence-electron chi connectivity index (χ2n) is 5.25. The van der Waals surface area contributed by atoms with E-state index in [1.54, 1.807) is 0 Å². The summed E-state index contributed by atoms with van der Waals surface area (Å²) in [5.41, 5.74) is 1.35. The number of ether oxygens (including phenoxy) is 1. The Morgan fingerprint density at radius 3 is 2.88 bits per heavy atom. The summed E-state index contributed by atoms with van der Waals surface area (Å²) in [5, 5.41) is 3.84. The van der Waals surface area contributed by atoms with Gasteiger partial charge in [0, 0.05) is 24.1 Å². The molecule has 0 amide bonds. The third-order valence-electron chi connectivity index (χ3n) is 4.00. The summed E-state index contributed by atoms with van der Waals surface area (Å²) in [7, 11) is 0. The second kappa shape index (κ2) is 4.69. The van der Waals surface area contributed by atoms with Crippen molar-refractivity contribution in [3.8, 4) is 5.75 Å². The molecule has 0 aromatic heterocycles. The molecule has 3 rings (SSSR count). The van der Waals surface area contributed by atoms with Crippen LogP contribution < -0.4 is 10.1 Å². The van der Waals surface area contributed by atoms with E-state index in [2.05, 4.69) is 36.5 Å². The van der Waals surface area contributed by atoms with Gasteiger partial charge in [-0.1, -0.05) is 25.1 Å². The highest BCUT2D eigenvalue weighted by Gasteiger charge is 2.32. The topological polar surface area (TPSA) is 21.3 Å². The summed E-state index contributed by atoms with van der Waals surface area (Å²) >= 11 is 0. The first-order valence-corrected chi connectivity index (χ1v) is 6.86. The van der Waals surface area contributed by atoms with E-state index in [0.717, 1.165) is 24.7 Å². The number of nitrogens with one attached hydrogen (secondary N) is 1. The van der Waals surface area contributed by atoms with Crippen LogP contribution in [0.25, 0.3) is 0 Å². The molecule has 1 aromatic carbocycles. The lowest BCUT2D eigenvalue weighted by Crippen LogP contribution is -2.36. The average Bonchev–Trinajstić information content (AvgIpc) is 3.20. The molecule has 0 saturated heterocycles. The van der Waals surface area contributed by atoms with Crippen LogP contribution in [0.15, 0.2) is 24.3 Å². The fraction of sp³-hybridized carbons (Fsp3) is 0.600. The number of hydrogen-bond acceptors (Lipinski definition) is 2. The highest BCUT2D eigenvalue weighted by atomic mass is 16.5. The van der Waals surface area contributed by atoms with Crippen LogP contribution in [0.3, 0.4) is 0 Å². The van der Waals surface area contributed by atoms with Gasteiger partial charge in [0.1, 0.15) is 5.75 Å². The van der Waals surface area contributed by atoms with Gasteiger partial charge < -0.3 is 10.1 Å². The van der Waals surface area contributed by atoms with Crippen LogP contribution in [0.4, 0.5) is 0 Å². The summed E-state index contributed by atoms with van der Waals surface area (Å²) in [5.74, 6) is 2.00. The van der Waals surface area contributed by atoms with Crippen molar-refractivity contribution < 1.29 is 4.74 Å². The molecule has 1 aliphatic heterocycles. The molecule has 0 radical (unpaired) electrons. The van der Waals surface area contributed by atoms with Gasteiger partial charge in [-0.15, -0.1) is 0 Å². The Kier molecular flexibility index (Phi) is 3.06. The molecular weight excluding hydrogens is 210 g/mol. The van der Waals surface area contributed by atoms with Crippen molar-refractivity contribution in [3.63, 3.8) is 0 Å². The zero-order valence-corrected chi connectivity index (χ0v) is 10.5. The lowest BCUT2D eigenvalue weighted by Gasteiger charge is -2.30. The lowest BCUT2D eigenvalue weighted by atomic mass is 9.98. The summed E-state index contributed by atoms with van der Waals surface area (Å²) < 4.78 is 5.70. The van der Waals surface area contributed by atoms with E-state index in [9.17, 15) is 0 Å². The zero-order valence-electron chi connectivity index (χ0n) is 10.5. The third kappa shape index (κ3) is 2.32. The fourth-order valence-electron chi connectivity index (χ4n) is 2.86. The minimum absolute atomic E-state index is 0.491. The van der Waals surface area contributed by atoms with Crippen molar-refractivity contribution in [1.29, 1.82) is 0 Å². The fourth-order valence-corrected chi connectivity index (χ4v) is 2.86. The minimum atomic E-state index is 0.491. The Morgan fingerprint density at radius 1 is 1.29 bits per heavy atom. The van der Waals surface area contributed by atoms with Crippen LogP contribution in [0.1, 0.15) is 44.2 Å². The predicted octanol–water partition coefficient (Wildman–Crippen LogP) is 3.29. The first-order valence-electron chi connectivity index (χ1n) is 6.86. The predicted molar refractivity (Wildman–Crippen MR) is 69.2 cm³/mol. The van der Waals surface area contributed by atoms with E-state index >= 15 is 0 Å². The Balaban J connectivity index is 1.75. The van der Waals surface area contributed by atoms with Crippen molar-refractivity contribution in [2.75, 3.05) is 6.61 Å². The number of benzene rings is 1. The zero-order chi connectivity index (χ0) is 11.7. The maximum Gasteiger partial charge on any atom is 0.124 e. The number of fused-ring (bicyclic) bond motifs is 1. The molecule has 1 heterocycles. The standard InChI is InChI=1S/C15H21NO/c1-2-13(11-7-8-11)16-14-9-10-17-15-6-4-3-5-12(14)15/h3-6,11,13-14,16H,2,7-10H2,1H3. The maximum absolute atomic E-state index is 5.70. The van der Waals surface area contributed by atoms with E-state index in [-0.39, 0.29) is 0 Å². The monoisotopic (exact) mass is 231 g/mol. The molecule has 0 spiro atoms. The van der Waals surface area contributed by atoms with Crippen LogP contribution in [-0.2, 0) is 0 Å². The second-order valence-corrected chi connectivity index (χ2v) is 5.25. The van der Waals surface area contributed by atoms with E-state index < -0.39 is 0 Å². The van der Waals surface area contributed by atoms with Gasteiger partial charge in [-0.2, -0.15) is 0 Å². The Bertz CT molecular complexity index is 386. The third-order valence-corrected chi connectivity index (χ3v) is 4.00. The minimum Gasteiger partial charge on any atom is -0.493 e. The molecule has 17 heavy (non-hydrogen) atoms. The van der Waals surface area contributed by atoms with Crippen molar-refractivity contribution in [3.05, 3.63) is 29.8 Å². The summed E-state index contributed by atoms with van der Waals surface area (Å²) in [4.78, 5) is 0. The van der Waals surface area contributed by atoms with Crippen molar-refractivity contribution in [1.82, 2.24) is 5.32 Å². The van der Waals surface area contributed by atoms with Crippen LogP contribution in [0.5, 0.6) is 5.75 Å². The number of rotatable bonds is 4. The SMILES string of the molecule is CCC(NC1CCOc2ccccc21)C1CC1. The van der Waals surface area contributed by atoms with Gasteiger partial charge in [0.25, 0.3) is 0 Å². The molecule has 2 nitrogen and oxygen atoms in total. The van der Waals surface area contributed by atoms with Gasteiger partial charge in [0.2, 0.25) is 0 Å². The van der Waals surface area contributed by atoms with Gasteiger partial charge in [-0.05, 0) is 31.2 Å². The van der Waals surface area contributed by atoms with E-state index in [1.807, 2.05) is 0 Å². The molecule has 1 saturated carbocycles. The van der Waals surface area contributed by atoms with Gasteiger partial charge in [-0.3, -0.25) is 0 Å². The number of para-hydroxylation sites is 1. The molecule has 0 bridgehead atoms. The summed E-state index contributed by atoms with van der Waals surface area (Å²) in [6, 6.07) is 9.64. The normalized spacial score (nSPS) is 24.9. The largest absolute Gasteiger partial charge is 0.493 e. The van der Waals surface area contributed by atoms with Crippen LogP contribution in [-0.4, -0.2) is 12.6 Å².